The maximum atomic E-state index is 6.08. The van der Waals surface area contributed by atoms with Crippen molar-refractivity contribution in [1.82, 2.24) is 4.90 Å². The monoisotopic (exact) mass is 254 g/mol. The van der Waals surface area contributed by atoms with Crippen LogP contribution < -0.4 is 5.73 Å². The van der Waals surface area contributed by atoms with E-state index in [1.807, 2.05) is 0 Å². The van der Waals surface area contributed by atoms with Gasteiger partial charge in [0.05, 0.1) is 6.10 Å². The minimum Gasteiger partial charge on any atom is -0.378 e. The van der Waals surface area contributed by atoms with Crippen LogP contribution >= 0.6 is 0 Å². The Hall–Kier alpha value is -0.120. The Labute approximate surface area is 112 Å². The first-order valence-corrected chi connectivity index (χ1v) is 7.69. The van der Waals surface area contributed by atoms with E-state index in [2.05, 4.69) is 25.7 Å². The topological polar surface area (TPSA) is 38.5 Å². The predicted molar refractivity (Wildman–Crippen MR) is 75.5 cm³/mol. The third-order valence-corrected chi connectivity index (χ3v) is 4.78. The molecule has 2 aliphatic rings. The molecule has 18 heavy (non-hydrogen) atoms. The quantitative estimate of drug-likeness (QED) is 0.839. The number of hydrogen-bond acceptors (Lipinski definition) is 3. The van der Waals surface area contributed by atoms with Crippen molar-refractivity contribution in [2.45, 2.75) is 64.6 Å². The average molecular weight is 254 g/mol. The fraction of sp³-hybridized carbons (Fsp3) is 1.00. The van der Waals surface area contributed by atoms with E-state index in [0.29, 0.717) is 24.0 Å². The fourth-order valence-electron chi connectivity index (χ4n) is 3.41. The minimum absolute atomic E-state index is 0.341. The van der Waals surface area contributed by atoms with Crippen LogP contribution in [0.1, 0.15) is 46.5 Å². The molecular weight excluding hydrogens is 224 g/mol. The summed E-state index contributed by atoms with van der Waals surface area (Å²) in [4.78, 5) is 2.69. The Balaban J connectivity index is 1.90. The van der Waals surface area contributed by atoms with Gasteiger partial charge in [0.15, 0.2) is 0 Å². The molecule has 2 rings (SSSR count). The second kappa shape index (κ2) is 6.36. The van der Waals surface area contributed by atoms with Gasteiger partial charge in [0.25, 0.3) is 0 Å². The maximum Gasteiger partial charge on any atom is 0.0612 e. The van der Waals surface area contributed by atoms with Gasteiger partial charge < -0.3 is 10.5 Å². The minimum atomic E-state index is 0.341. The van der Waals surface area contributed by atoms with Crippen molar-refractivity contribution in [1.29, 1.82) is 0 Å². The average Bonchev–Trinajstić information content (AvgIpc) is 2.39. The van der Waals surface area contributed by atoms with Crippen LogP contribution in [-0.4, -0.2) is 42.8 Å². The standard InChI is InChI=1S/C15H30N2O/c1-11(2)15-9-14(6-8-18-15)17-7-4-5-13(10-17)12(3)16/h11-15H,4-10,16H2,1-3H3/t12-,13-,14-,15+/m1/s1. The van der Waals surface area contributed by atoms with Gasteiger partial charge in [-0.25, -0.2) is 0 Å². The third kappa shape index (κ3) is 3.46. The lowest BCUT2D eigenvalue weighted by atomic mass is 9.88. The van der Waals surface area contributed by atoms with Crippen LogP contribution in [0.4, 0.5) is 0 Å². The van der Waals surface area contributed by atoms with Crippen molar-refractivity contribution in [2.75, 3.05) is 19.7 Å². The molecule has 0 bridgehead atoms. The molecule has 3 nitrogen and oxygen atoms in total. The van der Waals surface area contributed by atoms with E-state index in [-0.39, 0.29) is 0 Å². The van der Waals surface area contributed by atoms with Crippen molar-refractivity contribution in [2.24, 2.45) is 17.6 Å². The molecule has 0 saturated carbocycles. The summed E-state index contributed by atoms with van der Waals surface area (Å²) < 4.78 is 5.88. The molecule has 0 radical (unpaired) electrons. The zero-order chi connectivity index (χ0) is 13.1. The van der Waals surface area contributed by atoms with Gasteiger partial charge in [-0.15, -0.1) is 0 Å². The van der Waals surface area contributed by atoms with Crippen LogP contribution in [0.25, 0.3) is 0 Å². The first-order chi connectivity index (χ1) is 8.58. The third-order valence-electron chi connectivity index (χ3n) is 4.78. The smallest absolute Gasteiger partial charge is 0.0612 e. The summed E-state index contributed by atoms with van der Waals surface area (Å²) in [5.74, 6) is 1.33. The number of likely N-dealkylation sites (tertiary alicyclic amines) is 1. The number of hydrogen-bond donors (Lipinski definition) is 1. The second-order valence-electron chi connectivity index (χ2n) is 6.59. The van der Waals surface area contributed by atoms with E-state index in [1.165, 1.54) is 38.8 Å². The van der Waals surface area contributed by atoms with Crippen LogP contribution in [0.2, 0.25) is 0 Å². The fourth-order valence-corrected chi connectivity index (χ4v) is 3.41. The molecular formula is C15H30N2O. The van der Waals surface area contributed by atoms with Gasteiger partial charge >= 0.3 is 0 Å². The van der Waals surface area contributed by atoms with Crippen LogP contribution in [0.5, 0.6) is 0 Å². The zero-order valence-electron chi connectivity index (χ0n) is 12.3. The van der Waals surface area contributed by atoms with E-state index < -0.39 is 0 Å². The molecule has 0 aromatic carbocycles. The van der Waals surface area contributed by atoms with Gasteiger partial charge in [-0.3, -0.25) is 4.90 Å². The molecule has 2 saturated heterocycles. The summed E-state index contributed by atoms with van der Waals surface area (Å²) in [5, 5.41) is 0. The summed E-state index contributed by atoms with van der Waals surface area (Å²) >= 11 is 0. The maximum absolute atomic E-state index is 6.08. The van der Waals surface area contributed by atoms with Crippen molar-refractivity contribution >= 4 is 0 Å². The molecule has 2 fully saturated rings. The predicted octanol–water partition coefficient (Wildman–Crippen LogP) is 2.25. The molecule has 4 atom stereocenters. The molecule has 0 aromatic rings. The number of ether oxygens (including phenoxy) is 1. The molecule has 2 heterocycles. The largest absolute Gasteiger partial charge is 0.378 e. The highest BCUT2D eigenvalue weighted by atomic mass is 16.5. The normalized spacial score (nSPS) is 36.8. The van der Waals surface area contributed by atoms with E-state index in [1.54, 1.807) is 0 Å². The molecule has 2 aliphatic heterocycles. The molecule has 3 heteroatoms. The Bertz CT molecular complexity index is 229. The van der Waals surface area contributed by atoms with Gasteiger partial charge in [-0.05, 0) is 51.0 Å². The second-order valence-corrected chi connectivity index (χ2v) is 6.59. The Morgan fingerprint density at radius 3 is 2.67 bits per heavy atom. The highest BCUT2D eigenvalue weighted by Gasteiger charge is 2.32. The van der Waals surface area contributed by atoms with E-state index >= 15 is 0 Å². The van der Waals surface area contributed by atoms with Gasteiger partial charge in [-0.1, -0.05) is 13.8 Å². The summed E-state index contributed by atoms with van der Waals surface area (Å²) in [6.07, 6.45) is 5.50. The lowest BCUT2D eigenvalue weighted by molar-refractivity contribution is -0.0554. The number of nitrogens with zero attached hydrogens (tertiary/aromatic N) is 1. The first-order valence-electron chi connectivity index (χ1n) is 7.69. The highest BCUT2D eigenvalue weighted by molar-refractivity contribution is 4.86. The van der Waals surface area contributed by atoms with Crippen LogP contribution in [0.3, 0.4) is 0 Å². The Morgan fingerprint density at radius 1 is 1.22 bits per heavy atom. The highest BCUT2D eigenvalue weighted by Crippen LogP contribution is 2.28. The van der Waals surface area contributed by atoms with Gasteiger partial charge in [-0.2, -0.15) is 0 Å². The van der Waals surface area contributed by atoms with Crippen LogP contribution in [0, 0.1) is 11.8 Å². The van der Waals surface area contributed by atoms with E-state index in [0.717, 1.165) is 12.6 Å². The molecule has 0 aromatic heterocycles. The molecule has 0 unspecified atom stereocenters. The van der Waals surface area contributed by atoms with Crippen LogP contribution in [-0.2, 0) is 4.74 Å². The van der Waals surface area contributed by atoms with E-state index in [4.69, 9.17) is 10.5 Å². The molecule has 2 N–H and O–H groups in total. The summed E-state index contributed by atoms with van der Waals surface area (Å²) in [6, 6.07) is 1.07. The Morgan fingerprint density at radius 2 is 2.00 bits per heavy atom. The molecule has 0 amide bonds. The molecule has 0 spiro atoms. The van der Waals surface area contributed by atoms with Crippen molar-refractivity contribution in [3.8, 4) is 0 Å². The van der Waals surface area contributed by atoms with Crippen molar-refractivity contribution in [3.63, 3.8) is 0 Å². The lowest BCUT2D eigenvalue weighted by Crippen LogP contribution is -2.50. The van der Waals surface area contributed by atoms with Crippen molar-refractivity contribution in [3.05, 3.63) is 0 Å². The van der Waals surface area contributed by atoms with E-state index in [9.17, 15) is 0 Å². The number of rotatable bonds is 3. The van der Waals surface area contributed by atoms with Crippen molar-refractivity contribution < 1.29 is 4.74 Å². The first kappa shape index (κ1) is 14.3. The number of nitrogens with two attached hydrogens (primary N) is 1. The van der Waals surface area contributed by atoms with Crippen LogP contribution in [0.15, 0.2) is 0 Å². The molecule has 106 valence electrons. The molecule has 0 aliphatic carbocycles. The SMILES string of the molecule is CC(C)[C@@H]1C[C@H](N2CCC[C@@H]([C@@H](C)N)C2)CCO1. The Kier molecular flexibility index (Phi) is 5.05. The van der Waals surface area contributed by atoms with Gasteiger partial charge in [0.2, 0.25) is 0 Å². The summed E-state index contributed by atoms with van der Waals surface area (Å²) in [6.45, 7) is 10.1. The van der Waals surface area contributed by atoms with Gasteiger partial charge in [0, 0.05) is 25.2 Å². The zero-order valence-corrected chi connectivity index (χ0v) is 12.3. The number of piperidine rings is 1. The lowest BCUT2D eigenvalue weighted by Gasteiger charge is -2.43. The van der Waals surface area contributed by atoms with Gasteiger partial charge in [0.1, 0.15) is 0 Å². The summed E-state index contributed by atoms with van der Waals surface area (Å²) in [5.41, 5.74) is 6.08. The summed E-state index contributed by atoms with van der Waals surface area (Å²) in [7, 11) is 0.